The highest BCUT2D eigenvalue weighted by Gasteiger charge is 2.57. The fourth-order valence-corrected chi connectivity index (χ4v) is 6.40. The predicted octanol–water partition coefficient (Wildman–Crippen LogP) is 1.56. The number of barbiturate groups is 1. The molecule has 2 bridgehead atoms. The lowest BCUT2D eigenvalue weighted by Crippen LogP contribution is -2.67. The van der Waals surface area contributed by atoms with Crippen molar-refractivity contribution in [1.29, 1.82) is 0 Å². The van der Waals surface area contributed by atoms with E-state index in [4.69, 9.17) is 9.47 Å². The molecule has 37 heavy (non-hydrogen) atoms. The van der Waals surface area contributed by atoms with Crippen LogP contribution < -0.4 is 15.0 Å². The number of hydrogen-bond donors (Lipinski definition) is 0. The minimum absolute atomic E-state index is 0.00152. The zero-order valence-corrected chi connectivity index (χ0v) is 21.6. The Labute approximate surface area is 215 Å². The van der Waals surface area contributed by atoms with Crippen LogP contribution in [0.5, 0.6) is 11.5 Å². The molecule has 10 heteroatoms. The summed E-state index contributed by atoms with van der Waals surface area (Å²) >= 11 is 0. The molecule has 3 aliphatic heterocycles. The zero-order chi connectivity index (χ0) is 26.5. The number of hydrogen-bond acceptors (Lipinski definition) is 7. The van der Waals surface area contributed by atoms with Crippen LogP contribution >= 0.6 is 0 Å². The van der Waals surface area contributed by atoms with Crippen LogP contribution in [0, 0.1) is 11.3 Å². The number of urea groups is 1. The highest BCUT2D eigenvalue weighted by atomic mass is 16.5. The van der Waals surface area contributed by atoms with Gasteiger partial charge in [0.05, 0.1) is 14.2 Å². The Balaban J connectivity index is 1.54. The van der Waals surface area contributed by atoms with Crippen molar-refractivity contribution in [3.05, 3.63) is 58.0 Å². The molecule has 0 spiro atoms. The van der Waals surface area contributed by atoms with Crippen molar-refractivity contribution in [1.82, 2.24) is 19.3 Å². The second-order valence-corrected chi connectivity index (χ2v) is 10.3. The van der Waals surface area contributed by atoms with Gasteiger partial charge in [0.15, 0.2) is 11.5 Å². The highest BCUT2D eigenvalue weighted by molar-refractivity contribution is 6.19. The van der Waals surface area contributed by atoms with Crippen LogP contribution in [0.2, 0.25) is 0 Å². The van der Waals surface area contributed by atoms with E-state index in [1.165, 1.54) is 28.3 Å². The summed E-state index contributed by atoms with van der Waals surface area (Å²) in [6, 6.07) is 10.1. The molecule has 1 aromatic heterocycles. The summed E-state index contributed by atoms with van der Waals surface area (Å²) in [6.45, 7) is 2.02. The van der Waals surface area contributed by atoms with Gasteiger partial charge in [0.25, 0.3) is 5.56 Å². The molecule has 196 valence electrons. The van der Waals surface area contributed by atoms with Crippen LogP contribution in [-0.4, -0.2) is 85.1 Å². The lowest BCUT2D eigenvalue weighted by atomic mass is 9.75. The Morgan fingerprint density at radius 1 is 0.892 bits per heavy atom. The van der Waals surface area contributed by atoms with Crippen LogP contribution in [-0.2, 0) is 22.6 Å². The number of likely N-dealkylation sites (tertiary alicyclic amines) is 1. The molecular weight excluding hydrogens is 476 g/mol. The van der Waals surface area contributed by atoms with E-state index in [-0.39, 0.29) is 30.4 Å². The molecule has 0 radical (unpaired) electrons. The lowest BCUT2D eigenvalue weighted by Gasteiger charge is -2.48. The Kier molecular flexibility index (Phi) is 6.31. The maximum atomic E-state index is 13.8. The number of piperidine rings is 1. The summed E-state index contributed by atoms with van der Waals surface area (Å²) in [5.41, 5.74) is 0.108. The molecular formula is C27H32N4O6. The van der Waals surface area contributed by atoms with Gasteiger partial charge in [0.2, 0.25) is 11.8 Å². The monoisotopic (exact) mass is 508 g/mol. The van der Waals surface area contributed by atoms with Gasteiger partial charge in [-0.3, -0.25) is 24.2 Å². The third kappa shape index (κ3) is 3.99. The van der Waals surface area contributed by atoms with Crippen molar-refractivity contribution in [3.8, 4) is 11.5 Å². The van der Waals surface area contributed by atoms with E-state index in [0.29, 0.717) is 36.7 Å². The number of pyridine rings is 1. The number of ether oxygens (including phenoxy) is 2. The number of para-hydroxylation sites is 1. The number of imide groups is 2. The third-order valence-electron chi connectivity index (χ3n) is 8.03. The van der Waals surface area contributed by atoms with Gasteiger partial charge in [-0.15, -0.1) is 0 Å². The molecule has 4 heterocycles. The van der Waals surface area contributed by atoms with Crippen LogP contribution in [0.15, 0.2) is 41.2 Å². The number of carbonyl (C=O) groups excluding carboxylic acids is 3. The van der Waals surface area contributed by atoms with Crippen molar-refractivity contribution in [2.75, 3.05) is 47.9 Å². The lowest BCUT2D eigenvalue weighted by molar-refractivity contribution is -0.159. The summed E-state index contributed by atoms with van der Waals surface area (Å²) in [5.74, 6) is 0.237. The van der Waals surface area contributed by atoms with Gasteiger partial charge in [-0.05, 0) is 30.0 Å². The second kappa shape index (κ2) is 9.33. The third-order valence-corrected chi connectivity index (χ3v) is 8.03. The Morgan fingerprint density at radius 3 is 2.27 bits per heavy atom. The molecule has 2 atom stereocenters. The zero-order valence-electron chi connectivity index (χ0n) is 21.6. The summed E-state index contributed by atoms with van der Waals surface area (Å²) in [5, 5.41) is 0. The minimum Gasteiger partial charge on any atom is -0.493 e. The molecule has 5 rings (SSSR count). The Hall–Kier alpha value is -3.66. The smallest absolute Gasteiger partial charge is 0.332 e. The minimum atomic E-state index is -1.53. The van der Waals surface area contributed by atoms with Gasteiger partial charge in [0.1, 0.15) is 5.41 Å². The SMILES string of the molecule is COc1cccc(CC2(CN3C[C@@H]4C[C@H](C3)c3cccc(=O)n3C4)C(=O)N(C)C(=O)N(C)C2=O)c1OC. The molecule has 4 amide bonds. The number of rotatable bonds is 6. The Bertz CT molecular complexity index is 1300. The fraction of sp³-hybridized carbons (Fsp3) is 0.481. The number of nitrogens with zero attached hydrogens (tertiary/aromatic N) is 4. The number of carbonyl (C=O) groups is 3. The second-order valence-electron chi connectivity index (χ2n) is 10.3. The van der Waals surface area contributed by atoms with Crippen molar-refractivity contribution >= 4 is 17.8 Å². The van der Waals surface area contributed by atoms with Gasteiger partial charge in [-0.2, -0.15) is 0 Å². The average molecular weight is 509 g/mol. The average Bonchev–Trinajstić information content (AvgIpc) is 2.90. The first-order valence-corrected chi connectivity index (χ1v) is 12.4. The van der Waals surface area contributed by atoms with E-state index in [1.807, 2.05) is 16.7 Å². The first kappa shape index (κ1) is 25.0. The molecule has 0 N–H and O–H groups in total. The van der Waals surface area contributed by atoms with E-state index < -0.39 is 23.3 Å². The van der Waals surface area contributed by atoms with Crippen LogP contribution in [0.4, 0.5) is 4.79 Å². The van der Waals surface area contributed by atoms with E-state index in [0.717, 1.165) is 21.9 Å². The van der Waals surface area contributed by atoms with Gasteiger partial charge in [0, 0.05) is 64.4 Å². The van der Waals surface area contributed by atoms with Crippen molar-refractivity contribution in [3.63, 3.8) is 0 Å². The quantitative estimate of drug-likeness (QED) is 0.546. The van der Waals surface area contributed by atoms with Gasteiger partial charge in [-0.1, -0.05) is 18.2 Å². The number of amides is 4. The Morgan fingerprint density at radius 2 is 1.59 bits per heavy atom. The standard InChI is InChI=1S/C27H32N4O6/c1-28-24(33)27(25(34)29(2)26(28)35,12-18-7-5-9-21(36-3)23(18)37-4)16-30-13-17-11-19(15-30)20-8-6-10-22(32)31(20)14-17/h5-10,17,19H,11-16H2,1-4H3/t17-,19+/m0/s1. The molecule has 10 nitrogen and oxygen atoms in total. The van der Waals surface area contributed by atoms with Crippen LogP contribution in [0.3, 0.4) is 0 Å². The van der Waals surface area contributed by atoms with Gasteiger partial charge >= 0.3 is 6.03 Å². The molecule has 2 aromatic rings. The number of aromatic nitrogens is 1. The van der Waals surface area contributed by atoms with Crippen molar-refractivity contribution in [2.24, 2.45) is 11.3 Å². The summed E-state index contributed by atoms with van der Waals surface area (Å²) in [7, 11) is 5.88. The molecule has 0 saturated carbocycles. The normalized spacial score (nSPS) is 23.2. The van der Waals surface area contributed by atoms with Crippen LogP contribution in [0.1, 0.15) is 23.6 Å². The number of fused-ring (bicyclic) bond motifs is 4. The number of methoxy groups -OCH3 is 2. The van der Waals surface area contributed by atoms with E-state index in [1.54, 1.807) is 24.3 Å². The molecule has 2 saturated heterocycles. The summed E-state index contributed by atoms with van der Waals surface area (Å²) in [6.07, 6.45) is 1.01. The molecule has 3 aliphatic rings. The van der Waals surface area contributed by atoms with Crippen molar-refractivity contribution in [2.45, 2.75) is 25.3 Å². The van der Waals surface area contributed by atoms with E-state index in [2.05, 4.69) is 4.90 Å². The molecule has 0 aliphatic carbocycles. The maximum absolute atomic E-state index is 13.8. The number of benzene rings is 1. The van der Waals surface area contributed by atoms with Crippen molar-refractivity contribution < 1.29 is 23.9 Å². The largest absolute Gasteiger partial charge is 0.493 e. The fourth-order valence-electron chi connectivity index (χ4n) is 6.40. The topological polar surface area (TPSA) is 101 Å². The highest BCUT2D eigenvalue weighted by Crippen LogP contribution is 2.41. The summed E-state index contributed by atoms with van der Waals surface area (Å²) < 4.78 is 12.9. The summed E-state index contributed by atoms with van der Waals surface area (Å²) in [4.78, 5) is 57.0. The predicted molar refractivity (Wildman–Crippen MR) is 135 cm³/mol. The molecule has 2 fully saturated rings. The first-order chi connectivity index (χ1) is 17.7. The molecule has 0 unspecified atom stereocenters. The first-order valence-electron chi connectivity index (χ1n) is 12.4. The van der Waals surface area contributed by atoms with Gasteiger partial charge < -0.3 is 18.9 Å². The molecule has 1 aromatic carbocycles. The van der Waals surface area contributed by atoms with E-state index >= 15 is 0 Å². The maximum Gasteiger partial charge on any atom is 0.332 e. The van der Waals surface area contributed by atoms with E-state index in [9.17, 15) is 19.2 Å². The van der Waals surface area contributed by atoms with Gasteiger partial charge in [-0.25, -0.2) is 4.79 Å². The van der Waals surface area contributed by atoms with Crippen LogP contribution in [0.25, 0.3) is 0 Å².